The average Bonchev–Trinajstić information content (AvgIpc) is 3.08. The Labute approximate surface area is 149 Å². The zero-order chi connectivity index (χ0) is 16.3. The molecule has 0 N–H and O–H groups in total. The molecule has 0 aliphatic carbocycles. The Morgan fingerprint density at radius 2 is 1.96 bits per heavy atom. The predicted molar refractivity (Wildman–Crippen MR) is 102 cm³/mol. The number of thioether (sulfide) groups is 1. The van der Waals surface area contributed by atoms with Crippen molar-refractivity contribution in [2.24, 2.45) is 0 Å². The lowest BCUT2D eigenvalue weighted by Gasteiger charge is -2.17. The first-order valence-corrected chi connectivity index (χ1v) is 10.0. The van der Waals surface area contributed by atoms with Crippen LogP contribution in [0.2, 0.25) is 5.02 Å². The average molecular weight is 351 g/mol. The molecule has 0 saturated heterocycles. The molecule has 0 saturated carbocycles. The molecule has 126 valence electrons. The van der Waals surface area contributed by atoms with E-state index >= 15 is 0 Å². The second-order valence-corrected chi connectivity index (χ2v) is 7.72. The number of imidazole rings is 1. The Morgan fingerprint density at radius 1 is 1.13 bits per heavy atom. The molecule has 2 nitrogen and oxygen atoms in total. The van der Waals surface area contributed by atoms with Crippen molar-refractivity contribution < 1.29 is 0 Å². The van der Waals surface area contributed by atoms with Gasteiger partial charge >= 0.3 is 0 Å². The highest BCUT2D eigenvalue weighted by atomic mass is 35.5. The molecule has 0 radical (unpaired) electrons. The van der Waals surface area contributed by atoms with Crippen LogP contribution in [0.3, 0.4) is 0 Å². The van der Waals surface area contributed by atoms with Crippen molar-refractivity contribution in [1.82, 2.24) is 9.55 Å². The first-order valence-electron chi connectivity index (χ1n) is 8.59. The van der Waals surface area contributed by atoms with Gasteiger partial charge in [0.2, 0.25) is 0 Å². The summed E-state index contributed by atoms with van der Waals surface area (Å²) in [5.74, 6) is 1.07. The first kappa shape index (κ1) is 18.4. The van der Waals surface area contributed by atoms with E-state index in [-0.39, 0.29) is 0 Å². The maximum atomic E-state index is 5.96. The van der Waals surface area contributed by atoms with E-state index in [1.54, 1.807) is 0 Å². The van der Waals surface area contributed by atoms with Crippen molar-refractivity contribution in [3.63, 3.8) is 0 Å². The number of rotatable bonds is 11. The summed E-state index contributed by atoms with van der Waals surface area (Å²) in [7, 11) is 0. The number of hydrogen-bond donors (Lipinski definition) is 0. The summed E-state index contributed by atoms with van der Waals surface area (Å²) < 4.78 is 2.18. The van der Waals surface area contributed by atoms with Gasteiger partial charge in [-0.3, -0.25) is 0 Å². The molecular weight excluding hydrogens is 324 g/mol. The van der Waals surface area contributed by atoms with E-state index in [4.69, 9.17) is 11.6 Å². The molecule has 23 heavy (non-hydrogen) atoms. The molecule has 0 fully saturated rings. The summed E-state index contributed by atoms with van der Waals surface area (Å²) in [6.07, 6.45) is 13.7. The second kappa shape index (κ2) is 10.8. The smallest absolute Gasteiger partial charge is 0.0945 e. The number of unbranched alkanes of at least 4 members (excludes halogenated alkanes) is 3. The number of aromatic nitrogens is 2. The van der Waals surface area contributed by atoms with Crippen LogP contribution in [0.5, 0.6) is 0 Å². The number of hydrogen-bond acceptors (Lipinski definition) is 2. The van der Waals surface area contributed by atoms with Crippen LogP contribution in [0.4, 0.5) is 0 Å². The van der Waals surface area contributed by atoms with Crippen molar-refractivity contribution in [3.05, 3.63) is 53.6 Å². The van der Waals surface area contributed by atoms with Crippen molar-refractivity contribution in [3.8, 4) is 0 Å². The lowest BCUT2D eigenvalue weighted by molar-refractivity contribution is 0.560. The van der Waals surface area contributed by atoms with Crippen LogP contribution in [0, 0.1) is 0 Å². The SMILES string of the molecule is CCCCCCC(CCn1ccnc1)SCc1ccc(Cl)cc1. The zero-order valence-corrected chi connectivity index (χ0v) is 15.5. The van der Waals surface area contributed by atoms with Crippen LogP contribution in [0.1, 0.15) is 51.0 Å². The van der Waals surface area contributed by atoms with Crippen molar-refractivity contribution in [2.45, 2.75) is 63.0 Å². The topological polar surface area (TPSA) is 17.8 Å². The maximum Gasteiger partial charge on any atom is 0.0945 e. The molecule has 4 heteroatoms. The zero-order valence-electron chi connectivity index (χ0n) is 14.0. The minimum absolute atomic E-state index is 0.713. The Morgan fingerprint density at radius 3 is 2.65 bits per heavy atom. The highest BCUT2D eigenvalue weighted by Gasteiger charge is 2.10. The van der Waals surface area contributed by atoms with Crippen molar-refractivity contribution in [2.75, 3.05) is 0 Å². The van der Waals surface area contributed by atoms with Gasteiger partial charge in [-0.25, -0.2) is 4.98 Å². The molecule has 0 aliphatic heterocycles. The van der Waals surface area contributed by atoms with Gasteiger partial charge in [0.1, 0.15) is 0 Å². The molecule has 1 unspecified atom stereocenters. The van der Waals surface area contributed by atoms with Crippen LogP contribution in [0.15, 0.2) is 43.0 Å². The minimum Gasteiger partial charge on any atom is -0.337 e. The van der Waals surface area contributed by atoms with E-state index in [0.29, 0.717) is 5.25 Å². The van der Waals surface area contributed by atoms with Gasteiger partial charge in [0.25, 0.3) is 0 Å². The number of halogens is 1. The Kier molecular flexibility index (Phi) is 8.62. The first-order chi connectivity index (χ1) is 11.3. The van der Waals surface area contributed by atoms with Crippen LogP contribution in [0.25, 0.3) is 0 Å². The van der Waals surface area contributed by atoms with Gasteiger partial charge in [0.05, 0.1) is 6.33 Å². The van der Waals surface area contributed by atoms with Gasteiger partial charge in [-0.2, -0.15) is 11.8 Å². The quantitative estimate of drug-likeness (QED) is 0.449. The minimum atomic E-state index is 0.713. The predicted octanol–water partition coefficient (Wildman–Crippen LogP) is 6.20. The summed E-state index contributed by atoms with van der Waals surface area (Å²) in [4.78, 5) is 4.13. The van der Waals surface area contributed by atoms with Gasteiger partial charge < -0.3 is 4.57 Å². The van der Waals surface area contributed by atoms with Crippen molar-refractivity contribution in [1.29, 1.82) is 0 Å². The van der Waals surface area contributed by atoms with E-state index in [2.05, 4.69) is 46.6 Å². The standard InChI is InChI=1S/C19H27ClN2S/c1-2-3-4-5-6-19(11-13-22-14-12-21-16-22)23-15-17-7-9-18(20)10-8-17/h7-10,12,14,16,19H,2-6,11,13,15H2,1H3. The van der Waals surface area contributed by atoms with E-state index < -0.39 is 0 Å². The molecule has 2 aromatic rings. The normalized spacial score (nSPS) is 12.4. The Hall–Kier alpha value is -0.930. The van der Waals surface area contributed by atoms with E-state index in [9.17, 15) is 0 Å². The van der Waals surface area contributed by atoms with Crippen LogP contribution < -0.4 is 0 Å². The summed E-state index contributed by atoms with van der Waals surface area (Å²) >= 11 is 8.05. The molecule has 2 rings (SSSR count). The number of aryl methyl sites for hydroxylation is 1. The number of benzene rings is 1. The lowest BCUT2D eigenvalue weighted by atomic mass is 10.1. The molecule has 1 aromatic heterocycles. The van der Waals surface area contributed by atoms with Gasteiger partial charge in [-0.15, -0.1) is 0 Å². The fourth-order valence-corrected chi connectivity index (χ4v) is 3.97. The maximum absolute atomic E-state index is 5.96. The summed E-state index contributed by atoms with van der Waals surface area (Å²) in [5, 5.41) is 1.53. The van der Waals surface area contributed by atoms with Gasteiger partial charge in [0, 0.05) is 35.0 Å². The largest absolute Gasteiger partial charge is 0.337 e. The molecule has 1 heterocycles. The third kappa shape index (κ3) is 7.45. The Balaban J connectivity index is 1.79. The molecule has 0 amide bonds. The highest BCUT2D eigenvalue weighted by Crippen LogP contribution is 2.26. The molecule has 0 aliphatic rings. The van der Waals surface area contributed by atoms with E-state index in [1.807, 2.05) is 24.7 Å². The van der Waals surface area contributed by atoms with E-state index in [1.165, 1.54) is 44.1 Å². The van der Waals surface area contributed by atoms with Gasteiger partial charge in [-0.1, -0.05) is 56.3 Å². The molecule has 0 spiro atoms. The van der Waals surface area contributed by atoms with Crippen molar-refractivity contribution >= 4 is 23.4 Å². The van der Waals surface area contributed by atoms with Crippen LogP contribution in [-0.4, -0.2) is 14.8 Å². The summed E-state index contributed by atoms with van der Waals surface area (Å²) in [6.45, 7) is 3.33. The molecule has 1 atom stereocenters. The molecule has 1 aromatic carbocycles. The monoisotopic (exact) mass is 350 g/mol. The highest BCUT2D eigenvalue weighted by molar-refractivity contribution is 7.99. The summed E-state index contributed by atoms with van der Waals surface area (Å²) in [5.41, 5.74) is 1.36. The third-order valence-corrected chi connectivity index (χ3v) is 5.74. The van der Waals surface area contributed by atoms with Crippen LogP contribution in [-0.2, 0) is 12.3 Å². The molecular formula is C19H27ClN2S. The van der Waals surface area contributed by atoms with Gasteiger partial charge in [0.15, 0.2) is 0 Å². The van der Waals surface area contributed by atoms with Crippen LogP contribution >= 0.6 is 23.4 Å². The second-order valence-electron chi connectivity index (χ2n) is 6.00. The number of nitrogens with zero attached hydrogens (tertiary/aromatic N) is 2. The van der Waals surface area contributed by atoms with E-state index in [0.717, 1.165) is 17.3 Å². The van der Waals surface area contributed by atoms with Gasteiger partial charge in [-0.05, 0) is 30.5 Å². The lowest BCUT2D eigenvalue weighted by Crippen LogP contribution is -2.08. The third-order valence-electron chi connectivity index (χ3n) is 4.05. The fraction of sp³-hybridized carbons (Fsp3) is 0.526. The molecule has 0 bridgehead atoms. The fourth-order valence-electron chi connectivity index (χ4n) is 2.62. The Bertz CT molecular complexity index is 525. The summed E-state index contributed by atoms with van der Waals surface area (Å²) in [6, 6.07) is 8.25.